The minimum Gasteiger partial charge on any atom is -0.399 e. The summed E-state index contributed by atoms with van der Waals surface area (Å²) in [5, 5.41) is 6.43. The Morgan fingerprint density at radius 1 is 1.16 bits per heavy atom. The Morgan fingerprint density at radius 2 is 1.76 bits per heavy atom. The Hall–Kier alpha value is -1.08. The van der Waals surface area contributed by atoms with Crippen LogP contribution in [0.3, 0.4) is 0 Å². The molecule has 0 aromatic heterocycles. The van der Waals surface area contributed by atoms with Crippen molar-refractivity contribution in [3.05, 3.63) is 29.8 Å². The third-order valence-electron chi connectivity index (χ3n) is 5.35. The van der Waals surface area contributed by atoms with Gasteiger partial charge in [-0.15, -0.1) is 12.4 Å². The van der Waals surface area contributed by atoms with Crippen LogP contribution in [-0.4, -0.2) is 43.4 Å². The quantitative estimate of drug-likeness (QED) is 0.802. The topological polar surface area (TPSA) is 59.6 Å². The van der Waals surface area contributed by atoms with Crippen molar-refractivity contribution in [1.82, 2.24) is 10.6 Å². The molecule has 5 nitrogen and oxygen atoms in total. The lowest BCUT2D eigenvalue weighted by atomic mass is 9.78. The van der Waals surface area contributed by atoms with Crippen LogP contribution in [0.4, 0.5) is 0 Å². The van der Waals surface area contributed by atoms with Crippen LogP contribution in [0.5, 0.6) is 0 Å². The van der Waals surface area contributed by atoms with Crippen LogP contribution in [0.1, 0.15) is 50.9 Å². The number of carbonyl (C=O) groups is 1. The normalized spacial score (nSPS) is 22.3. The Bertz CT molecular complexity index is 602. The molecule has 0 saturated carbocycles. The van der Waals surface area contributed by atoms with E-state index in [4.69, 9.17) is 9.31 Å². The van der Waals surface area contributed by atoms with Crippen molar-refractivity contribution in [2.75, 3.05) is 13.1 Å². The van der Waals surface area contributed by atoms with Gasteiger partial charge in [0.2, 0.25) is 0 Å². The van der Waals surface area contributed by atoms with Gasteiger partial charge >= 0.3 is 7.12 Å². The zero-order chi connectivity index (χ0) is 17.4. The summed E-state index contributed by atoms with van der Waals surface area (Å²) in [6, 6.07) is 7.80. The predicted molar refractivity (Wildman–Crippen MR) is 103 cm³/mol. The fourth-order valence-electron chi connectivity index (χ4n) is 3.04. The molecule has 2 saturated heterocycles. The van der Waals surface area contributed by atoms with E-state index in [1.165, 1.54) is 0 Å². The minimum absolute atomic E-state index is 0. The zero-order valence-corrected chi connectivity index (χ0v) is 16.2. The Balaban J connectivity index is 0.00000225. The molecule has 7 heteroatoms. The number of hydrogen-bond acceptors (Lipinski definition) is 4. The molecule has 138 valence electrons. The molecule has 3 rings (SSSR count). The molecule has 1 aromatic carbocycles. The maximum atomic E-state index is 12.5. The first-order valence-electron chi connectivity index (χ1n) is 8.76. The molecule has 1 aromatic rings. The molecule has 0 radical (unpaired) electrons. The van der Waals surface area contributed by atoms with Crippen molar-refractivity contribution < 1.29 is 14.1 Å². The Morgan fingerprint density at radius 3 is 2.36 bits per heavy atom. The second-order valence-corrected chi connectivity index (χ2v) is 7.71. The summed E-state index contributed by atoms with van der Waals surface area (Å²) in [4.78, 5) is 12.5. The maximum absolute atomic E-state index is 12.5. The van der Waals surface area contributed by atoms with Gasteiger partial charge in [-0.05, 0) is 71.2 Å². The summed E-state index contributed by atoms with van der Waals surface area (Å²) in [6.45, 7) is 10.0. The van der Waals surface area contributed by atoms with Crippen molar-refractivity contribution in [3.8, 4) is 0 Å². The van der Waals surface area contributed by atoms with Crippen molar-refractivity contribution in [3.63, 3.8) is 0 Å². The lowest BCUT2D eigenvalue weighted by Gasteiger charge is -2.32. The van der Waals surface area contributed by atoms with Crippen molar-refractivity contribution in [1.29, 1.82) is 0 Å². The second-order valence-electron chi connectivity index (χ2n) is 7.71. The van der Waals surface area contributed by atoms with Gasteiger partial charge in [-0.1, -0.05) is 12.1 Å². The molecule has 2 aliphatic rings. The van der Waals surface area contributed by atoms with Gasteiger partial charge in [0.1, 0.15) is 0 Å². The molecule has 2 fully saturated rings. The summed E-state index contributed by atoms with van der Waals surface area (Å²) in [7, 11) is -0.443. The van der Waals surface area contributed by atoms with Gasteiger partial charge in [0.25, 0.3) is 5.91 Å². The van der Waals surface area contributed by atoms with Crippen molar-refractivity contribution in [2.24, 2.45) is 0 Å². The van der Waals surface area contributed by atoms with Crippen molar-refractivity contribution >= 4 is 30.9 Å². The van der Waals surface area contributed by atoms with Crippen LogP contribution in [0.15, 0.2) is 24.3 Å². The first-order chi connectivity index (χ1) is 11.3. The first-order valence-corrected chi connectivity index (χ1v) is 8.76. The van der Waals surface area contributed by atoms with Crippen molar-refractivity contribution in [2.45, 2.75) is 57.8 Å². The van der Waals surface area contributed by atoms with Crippen LogP contribution in [-0.2, 0) is 9.31 Å². The molecule has 2 aliphatic heterocycles. The third kappa shape index (κ3) is 4.37. The largest absolute Gasteiger partial charge is 0.494 e. The Labute approximate surface area is 156 Å². The van der Waals surface area contributed by atoms with E-state index in [9.17, 15) is 4.79 Å². The average Bonchev–Trinajstić information content (AvgIpc) is 2.76. The molecular formula is C18H28BClN2O3. The molecule has 0 aliphatic carbocycles. The second kappa shape index (κ2) is 7.66. The average molecular weight is 367 g/mol. The van der Waals surface area contributed by atoms with Crippen LogP contribution in [0.2, 0.25) is 0 Å². The van der Waals surface area contributed by atoms with Gasteiger partial charge in [0, 0.05) is 11.6 Å². The van der Waals surface area contributed by atoms with Gasteiger partial charge in [0.05, 0.1) is 11.2 Å². The number of benzene rings is 1. The van der Waals surface area contributed by atoms with E-state index in [0.717, 1.165) is 31.4 Å². The van der Waals surface area contributed by atoms with E-state index < -0.39 is 7.12 Å². The lowest BCUT2D eigenvalue weighted by molar-refractivity contribution is 0.00578. The summed E-state index contributed by atoms with van der Waals surface area (Å²) < 4.78 is 12.1. The summed E-state index contributed by atoms with van der Waals surface area (Å²) in [6.07, 6.45) is 1.95. The SMILES string of the molecule is CC1(C)OB(c2cccc(C(=O)NC3CCNCC3)c2)OC1(C)C.Cl. The first kappa shape index (κ1) is 20.2. The number of hydrogen-bond donors (Lipinski definition) is 2. The fourth-order valence-corrected chi connectivity index (χ4v) is 3.04. The Kier molecular flexibility index (Phi) is 6.20. The van der Waals surface area contributed by atoms with Gasteiger partial charge in [-0.25, -0.2) is 0 Å². The molecule has 0 atom stereocenters. The van der Waals surface area contributed by atoms with Gasteiger partial charge in [-0.2, -0.15) is 0 Å². The smallest absolute Gasteiger partial charge is 0.399 e. The standard InChI is InChI=1S/C18H27BN2O3.ClH/c1-17(2)18(3,4)24-19(23-17)14-7-5-6-13(12-14)16(22)21-15-8-10-20-11-9-15;/h5-7,12,15,20H,8-11H2,1-4H3,(H,21,22);1H. The van der Waals surface area contributed by atoms with E-state index in [2.05, 4.69) is 10.6 Å². The highest BCUT2D eigenvalue weighted by molar-refractivity contribution is 6.62. The summed E-state index contributed by atoms with van der Waals surface area (Å²) >= 11 is 0. The van der Waals surface area contributed by atoms with Gasteiger partial charge in [-0.3, -0.25) is 4.79 Å². The molecule has 2 N–H and O–H groups in total. The number of carbonyl (C=O) groups excluding carboxylic acids is 1. The molecule has 0 unspecified atom stereocenters. The summed E-state index contributed by atoms with van der Waals surface area (Å²) in [5.41, 5.74) is 0.767. The van der Waals surface area contributed by atoms with Gasteiger partial charge < -0.3 is 19.9 Å². The molecular weight excluding hydrogens is 338 g/mol. The highest BCUT2D eigenvalue weighted by atomic mass is 35.5. The zero-order valence-electron chi connectivity index (χ0n) is 15.4. The van der Waals surface area contributed by atoms with E-state index >= 15 is 0 Å². The van der Waals surface area contributed by atoms with E-state index in [0.29, 0.717) is 5.56 Å². The van der Waals surface area contributed by atoms with Crippen LogP contribution >= 0.6 is 12.4 Å². The number of halogens is 1. The van der Waals surface area contributed by atoms with E-state index in [1.54, 1.807) is 0 Å². The predicted octanol–water partition coefficient (Wildman–Crippen LogP) is 1.89. The van der Waals surface area contributed by atoms with Crippen LogP contribution in [0.25, 0.3) is 0 Å². The number of nitrogens with one attached hydrogen (secondary N) is 2. The van der Waals surface area contributed by atoms with E-state index in [-0.39, 0.29) is 35.6 Å². The molecule has 1 amide bonds. The molecule has 0 bridgehead atoms. The number of piperidine rings is 1. The lowest BCUT2D eigenvalue weighted by Crippen LogP contribution is -2.43. The summed E-state index contributed by atoms with van der Waals surface area (Å²) in [5.74, 6) is -0.0275. The fraction of sp³-hybridized carbons (Fsp3) is 0.611. The monoisotopic (exact) mass is 366 g/mol. The van der Waals surface area contributed by atoms with E-state index in [1.807, 2.05) is 52.0 Å². The molecule has 0 spiro atoms. The van der Waals surface area contributed by atoms with Gasteiger partial charge in [0.15, 0.2) is 0 Å². The number of rotatable bonds is 3. The molecule has 2 heterocycles. The maximum Gasteiger partial charge on any atom is 0.494 e. The van der Waals surface area contributed by atoms with Crippen LogP contribution < -0.4 is 16.1 Å². The van der Waals surface area contributed by atoms with Crippen LogP contribution in [0, 0.1) is 0 Å². The highest BCUT2D eigenvalue weighted by Crippen LogP contribution is 2.36. The third-order valence-corrected chi connectivity index (χ3v) is 5.35. The highest BCUT2D eigenvalue weighted by Gasteiger charge is 2.51. The molecule has 25 heavy (non-hydrogen) atoms. The minimum atomic E-state index is -0.443. The number of amides is 1.